The van der Waals surface area contributed by atoms with E-state index in [-0.39, 0.29) is 17.7 Å². The molecule has 1 N–H and O–H groups in total. The van der Waals surface area contributed by atoms with Crippen LogP contribution >= 0.6 is 11.3 Å². The summed E-state index contributed by atoms with van der Waals surface area (Å²) in [5, 5.41) is 5.20. The van der Waals surface area contributed by atoms with Gasteiger partial charge in [-0.25, -0.2) is 4.98 Å². The second kappa shape index (κ2) is 6.09. The minimum atomic E-state index is -0.196. The van der Waals surface area contributed by atoms with Crippen LogP contribution in [0.5, 0.6) is 0 Å². The molecule has 1 aliphatic heterocycles. The molecule has 1 atom stereocenters. The number of hydrogen-bond acceptors (Lipinski definition) is 5. The summed E-state index contributed by atoms with van der Waals surface area (Å²) in [6, 6.07) is 1.64. The van der Waals surface area contributed by atoms with Crippen molar-refractivity contribution >= 4 is 28.3 Å². The lowest BCUT2D eigenvalue weighted by atomic mass is 9.97. The van der Waals surface area contributed by atoms with E-state index in [0.29, 0.717) is 23.8 Å². The fraction of sp³-hybridized carbons (Fsp3) is 0.357. The van der Waals surface area contributed by atoms with Gasteiger partial charge in [0.1, 0.15) is 6.26 Å². The van der Waals surface area contributed by atoms with Crippen molar-refractivity contribution in [1.82, 2.24) is 9.88 Å². The van der Waals surface area contributed by atoms with Gasteiger partial charge in [-0.15, -0.1) is 11.3 Å². The number of nitrogens with zero attached hydrogens (tertiary/aromatic N) is 2. The minimum absolute atomic E-state index is 0.0744. The van der Waals surface area contributed by atoms with Gasteiger partial charge in [0.2, 0.25) is 5.91 Å². The number of furan rings is 1. The fourth-order valence-corrected chi connectivity index (χ4v) is 2.97. The van der Waals surface area contributed by atoms with Crippen LogP contribution in [0.4, 0.5) is 5.13 Å². The molecule has 7 heteroatoms. The van der Waals surface area contributed by atoms with Gasteiger partial charge >= 0.3 is 0 Å². The Labute approximate surface area is 125 Å². The first-order valence-corrected chi connectivity index (χ1v) is 7.64. The predicted octanol–water partition coefficient (Wildman–Crippen LogP) is 2.23. The minimum Gasteiger partial charge on any atom is -0.472 e. The van der Waals surface area contributed by atoms with Crippen LogP contribution in [0, 0.1) is 5.92 Å². The smallest absolute Gasteiger partial charge is 0.257 e. The van der Waals surface area contributed by atoms with Crippen LogP contribution in [-0.2, 0) is 4.79 Å². The molecule has 21 heavy (non-hydrogen) atoms. The van der Waals surface area contributed by atoms with Gasteiger partial charge in [0.05, 0.1) is 17.7 Å². The zero-order valence-corrected chi connectivity index (χ0v) is 12.1. The van der Waals surface area contributed by atoms with Crippen LogP contribution in [0.25, 0.3) is 0 Å². The number of piperidine rings is 1. The average molecular weight is 305 g/mol. The molecule has 1 saturated heterocycles. The van der Waals surface area contributed by atoms with Gasteiger partial charge in [-0.05, 0) is 18.9 Å². The molecule has 0 aromatic carbocycles. The highest BCUT2D eigenvalue weighted by Gasteiger charge is 2.29. The third-order valence-electron chi connectivity index (χ3n) is 3.51. The normalized spacial score (nSPS) is 18.5. The van der Waals surface area contributed by atoms with Gasteiger partial charge in [0.15, 0.2) is 5.13 Å². The molecule has 2 aromatic heterocycles. The number of amides is 2. The lowest BCUT2D eigenvalue weighted by molar-refractivity contribution is -0.121. The van der Waals surface area contributed by atoms with Gasteiger partial charge in [-0.3, -0.25) is 9.59 Å². The number of rotatable bonds is 3. The summed E-state index contributed by atoms with van der Waals surface area (Å²) in [5.41, 5.74) is 0.524. The van der Waals surface area contributed by atoms with E-state index in [4.69, 9.17) is 4.42 Å². The first-order chi connectivity index (χ1) is 10.2. The number of anilines is 1. The zero-order valence-electron chi connectivity index (χ0n) is 11.3. The predicted molar refractivity (Wildman–Crippen MR) is 78.1 cm³/mol. The van der Waals surface area contributed by atoms with Gasteiger partial charge in [-0.1, -0.05) is 0 Å². The Balaban J connectivity index is 1.63. The lowest BCUT2D eigenvalue weighted by Gasteiger charge is -2.31. The molecule has 2 amide bonds. The summed E-state index contributed by atoms with van der Waals surface area (Å²) in [6.07, 6.45) is 6.16. The summed E-state index contributed by atoms with van der Waals surface area (Å²) in [7, 11) is 0. The first kappa shape index (κ1) is 13.8. The summed E-state index contributed by atoms with van der Waals surface area (Å²) in [5.74, 6) is -0.358. The van der Waals surface area contributed by atoms with Crippen molar-refractivity contribution in [1.29, 1.82) is 0 Å². The lowest BCUT2D eigenvalue weighted by Crippen LogP contribution is -2.43. The highest BCUT2D eigenvalue weighted by Crippen LogP contribution is 2.21. The van der Waals surface area contributed by atoms with Gasteiger partial charge < -0.3 is 14.6 Å². The van der Waals surface area contributed by atoms with Crippen LogP contribution < -0.4 is 5.32 Å². The molecule has 0 bridgehead atoms. The van der Waals surface area contributed by atoms with Crippen LogP contribution in [0.1, 0.15) is 23.2 Å². The van der Waals surface area contributed by atoms with E-state index in [1.165, 1.54) is 23.9 Å². The molecule has 1 fully saturated rings. The number of aromatic nitrogens is 1. The number of carbonyl (C=O) groups excluding carboxylic acids is 2. The number of nitrogens with one attached hydrogen (secondary N) is 1. The standard InChI is InChI=1S/C14H15N3O3S/c18-12(16-14-15-4-7-21-14)10-2-1-5-17(8-10)13(19)11-3-6-20-9-11/h3-4,6-7,9-10H,1-2,5,8H2,(H,15,16,18). The number of likely N-dealkylation sites (tertiary alicyclic amines) is 1. The topological polar surface area (TPSA) is 75.4 Å². The zero-order chi connectivity index (χ0) is 14.7. The molecule has 0 spiro atoms. The Morgan fingerprint density at radius 2 is 2.38 bits per heavy atom. The van der Waals surface area contributed by atoms with Crippen molar-refractivity contribution in [2.24, 2.45) is 5.92 Å². The molecule has 110 valence electrons. The monoisotopic (exact) mass is 305 g/mol. The third-order valence-corrected chi connectivity index (χ3v) is 4.20. The van der Waals surface area contributed by atoms with E-state index in [2.05, 4.69) is 10.3 Å². The van der Waals surface area contributed by atoms with Crippen molar-refractivity contribution in [2.45, 2.75) is 12.8 Å². The molecule has 3 heterocycles. The molecular formula is C14H15N3O3S. The summed E-state index contributed by atoms with van der Waals surface area (Å²) < 4.78 is 4.94. The van der Waals surface area contributed by atoms with E-state index in [0.717, 1.165) is 12.8 Å². The van der Waals surface area contributed by atoms with Crippen LogP contribution in [-0.4, -0.2) is 34.8 Å². The van der Waals surface area contributed by atoms with Crippen molar-refractivity contribution in [3.8, 4) is 0 Å². The van der Waals surface area contributed by atoms with Gasteiger partial charge in [0.25, 0.3) is 5.91 Å². The Kier molecular flexibility index (Phi) is 4.01. The average Bonchev–Trinajstić information content (AvgIpc) is 3.20. The molecule has 1 aliphatic rings. The number of carbonyl (C=O) groups is 2. The Morgan fingerprint density at radius 1 is 1.48 bits per heavy atom. The van der Waals surface area contributed by atoms with E-state index in [1.807, 2.05) is 5.38 Å². The number of hydrogen-bond donors (Lipinski definition) is 1. The summed E-state index contributed by atoms with van der Waals surface area (Å²) in [4.78, 5) is 30.2. The van der Waals surface area contributed by atoms with Gasteiger partial charge in [0, 0.05) is 24.7 Å². The van der Waals surface area contributed by atoms with Crippen LogP contribution in [0.15, 0.2) is 34.6 Å². The Bertz CT molecular complexity index is 609. The van der Waals surface area contributed by atoms with E-state index in [1.54, 1.807) is 17.2 Å². The fourth-order valence-electron chi connectivity index (χ4n) is 2.44. The van der Waals surface area contributed by atoms with Crippen LogP contribution in [0.2, 0.25) is 0 Å². The SMILES string of the molecule is O=C(Nc1nccs1)C1CCCN(C(=O)c2ccoc2)C1. The second-order valence-electron chi connectivity index (χ2n) is 4.93. The van der Waals surface area contributed by atoms with Crippen molar-refractivity contribution in [3.63, 3.8) is 0 Å². The maximum atomic E-state index is 12.3. The summed E-state index contributed by atoms with van der Waals surface area (Å²) >= 11 is 1.38. The molecule has 0 aliphatic carbocycles. The molecule has 3 rings (SSSR count). The van der Waals surface area contributed by atoms with E-state index in [9.17, 15) is 9.59 Å². The Morgan fingerprint density at radius 3 is 3.10 bits per heavy atom. The van der Waals surface area contributed by atoms with E-state index < -0.39 is 0 Å². The molecule has 0 saturated carbocycles. The van der Waals surface area contributed by atoms with Crippen molar-refractivity contribution in [2.75, 3.05) is 18.4 Å². The molecule has 0 radical (unpaired) electrons. The second-order valence-corrected chi connectivity index (χ2v) is 5.82. The highest BCUT2D eigenvalue weighted by atomic mass is 32.1. The Hall–Kier alpha value is -2.15. The molecule has 1 unspecified atom stereocenters. The van der Waals surface area contributed by atoms with Crippen molar-refractivity contribution in [3.05, 3.63) is 35.7 Å². The molecular weight excluding hydrogens is 290 g/mol. The van der Waals surface area contributed by atoms with Gasteiger partial charge in [-0.2, -0.15) is 0 Å². The maximum Gasteiger partial charge on any atom is 0.257 e. The van der Waals surface area contributed by atoms with E-state index >= 15 is 0 Å². The summed E-state index contributed by atoms with van der Waals surface area (Å²) in [6.45, 7) is 1.10. The van der Waals surface area contributed by atoms with Crippen LogP contribution in [0.3, 0.4) is 0 Å². The maximum absolute atomic E-state index is 12.3. The third kappa shape index (κ3) is 3.13. The first-order valence-electron chi connectivity index (χ1n) is 6.76. The quantitative estimate of drug-likeness (QED) is 0.943. The largest absolute Gasteiger partial charge is 0.472 e. The highest BCUT2D eigenvalue weighted by molar-refractivity contribution is 7.13. The van der Waals surface area contributed by atoms with Crippen molar-refractivity contribution < 1.29 is 14.0 Å². The number of thiazole rings is 1. The molecule has 6 nitrogen and oxygen atoms in total. The molecule has 2 aromatic rings.